The molecule has 1 fully saturated rings. The quantitative estimate of drug-likeness (QED) is 0.482. The summed E-state index contributed by atoms with van der Waals surface area (Å²) in [4.78, 5) is 29.4. The SMILES string of the molecule is CC.COc1cnc(NC[C@@H]2[C@H](C)CCCN2C(=O)c2nc(C)sc2-c2ccc(F)cc2)nc1.[HH]. The molecule has 0 aliphatic carbocycles. The van der Waals surface area contributed by atoms with E-state index in [1.165, 1.54) is 23.5 Å². The molecule has 2 aromatic heterocycles. The van der Waals surface area contributed by atoms with Crippen LogP contribution in [0.2, 0.25) is 0 Å². The summed E-state index contributed by atoms with van der Waals surface area (Å²) in [5.41, 5.74) is 1.23. The van der Waals surface area contributed by atoms with Crippen LogP contribution in [0, 0.1) is 18.7 Å². The van der Waals surface area contributed by atoms with Gasteiger partial charge in [-0.2, -0.15) is 0 Å². The molecule has 2 atom stereocenters. The van der Waals surface area contributed by atoms with Gasteiger partial charge >= 0.3 is 0 Å². The number of nitrogens with one attached hydrogen (secondary N) is 1. The molecule has 0 saturated carbocycles. The van der Waals surface area contributed by atoms with Crippen molar-refractivity contribution in [2.75, 3.05) is 25.5 Å². The number of rotatable bonds is 6. The van der Waals surface area contributed by atoms with E-state index in [1.807, 2.05) is 25.7 Å². The molecule has 0 spiro atoms. The van der Waals surface area contributed by atoms with Crippen LogP contribution in [0.25, 0.3) is 10.4 Å². The Balaban J connectivity index is 0.00000140. The number of thiazole rings is 1. The average molecular weight is 488 g/mol. The van der Waals surface area contributed by atoms with Crippen molar-refractivity contribution in [2.24, 2.45) is 5.92 Å². The average Bonchev–Trinajstić information content (AvgIpc) is 3.26. The van der Waals surface area contributed by atoms with Crippen molar-refractivity contribution in [3.63, 3.8) is 0 Å². The first kappa shape index (κ1) is 25.6. The first-order valence-corrected chi connectivity index (χ1v) is 12.4. The van der Waals surface area contributed by atoms with E-state index < -0.39 is 0 Å². The fourth-order valence-electron chi connectivity index (χ4n) is 4.03. The van der Waals surface area contributed by atoms with Gasteiger partial charge in [0.25, 0.3) is 5.91 Å². The van der Waals surface area contributed by atoms with Crippen molar-refractivity contribution >= 4 is 23.2 Å². The maximum absolute atomic E-state index is 13.6. The third-order valence-corrected chi connectivity index (χ3v) is 6.77. The fourth-order valence-corrected chi connectivity index (χ4v) is 4.94. The van der Waals surface area contributed by atoms with E-state index in [4.69, 9.17) is 4.74 Å². The Morgan fingerprint density at radius 3 is 2.59 bits per heavy atom. The predicted molar refractivity (Wildman–Crippen MR) is 136 cm³/mol. The third kappa shape index (κ3) is 5.88. The Kier molecular flexibility index (Phi) is 8.92. The van der Waals surface area contributed by atoms with Gasteiger partial charge in [-0.1, -0.05) is 32.9 Å². The van der Waals surface area contributed by atoms with Crippen LogP contribution in [0.4, 0.5) is 10.3 Å². The second kappa shape index (κ2) is 11.9. The number of methoxy groups -OCH3 is 1. The molecule has 1 N–H and O–H groups in total. The molecule has 34 heavy (non-hydrogen) atoms. The first-order valence-electron chi connectivity index (χ1n) is 11.6. The molecule has 7 nitrogen and oxygen atoms in total. The molecule has 1 amide bonds. The summed E-state index contributed by atoms with van der Waals surface area (Å²) in [6, 6.07) is 6.17. The minimum Gasteiger partial charge on any atom is -0.494 e. The van der Waals surface area contributed by atoms with Gasteiger partial charge in [0, 0.05) is 14.5 Å². The lowest BCUT2D eigenvalue weighted by Crippen LogP contribution is -2.51. The van der Waals surface area contributed by atoms with Gasteiger partial charge in [-0.3, -0.25) is 4.79 Å². The van der Waals surface area contributed by atoms with E-state index in [1.54, 1.807) is 31.6 Å². The highest BCUT2D eigenvalue weighted by atomic mass is 32.1. The van der Waals surface area contributed by atoms with Gasteiger partial charge in [0.15, 0.2) is 5.75 Å². The smallest absolute Gasteiger partial charge is 0.274 e. The molecule has 4 rings (SSSR count). The zero-order valence-corrected chi connectivity index (χ0v) is 21.2. The number of nitrogens with zero attached hydrogens (tertiary/aromatic N) is 4. The van der Waals surface area contributed by atoms with Crippen molar-refractivity contribution in [2.45, 2.75) is 46.6 Å². The van der Waals surface area contributed by atoms with Crippen LogP contribution in [0.5, 0.6) is 5.75 Å². The molecule has 1 aromatic carbocycles. The lowest BCUT2D eigenvalue weighted by Gasteiger charge is -2.40. The summed E-state index contributed by atoms with van der Waals surface area (Å²) in [6.45, 7) is 9.24. The van der Waals surface area contributed by atoms with Crippen molar-refractivity contribution < 1.29 is 15.3 Å². The van der Waals surface area contributed by atoms with E-state index >= 15 is 0 Å². The van der Waals surface area contributed by atoms with Crippen LogP contribution in [0.15, 0.2) is 36.7 Å². The summed E-state index contributed by atoms with van der Waals surface area (Å²) in [6.07, 6.45) is 5.20. The number of carbonyl (C=O) groups is 1. The summed E-state index contributed by atoms with van der Waals surface area (Å²) in [5, 5.41) is 4.06. The maximum atomic E-state index is 13.6. The molecule has 0 unspecified atom stereocenters. The molecule has 1 aliphatic rings. The Bertz CT molecular complexity index is 1080. The normalized spacial score (nSPS) is 17.5. The minimum atomic E-state index is -0.306. The molecule has 184 valence electrons. The van der Waals surface area contributed by atoms with Crippen LogP contribution in [-0.4, -0.2) is 52.0 Å². The van der Waals surface area contributed by atoms with E-state index in [-0.39, 0.29) is 19.2 Å². The monoisotopic (exact) mass is 487 g/mol. The maximum Gasteiger partial charge on any atom is 0.274 e. The number of hydrogen-bond acceptors (Lipinski definition) is 7. The minimum absolute atomic E-state index is 0. The number of aryl methyl sites for hydroxylation is 1. The van der Waals surface area contributed by atoms with Gasteiger partial charge in [-0.15, -0.1) is 11.3 Å². The first-order chi connectivity index (χ1) is 16.5. The van der Waals surface area contributed by atoms with Gasteiger partial charge < -0.3 is 15.0 Å². The van der Waals surface area contributed by atoms with Crippen LogP contribution >= 0.6 is 11.3 Å². The van der Waals surface area contributed by atoms with Crippen molar-refractivity contribution in [1.29, 1.82) is 0 Å². The number of likely N-dealkylation sites (tertiary alicyclic amines) is 1. The zero-order chi connectivity index (χ0) is 24.7. The summed E-state index contributed by atoms with van der Waals surface area (Å²) in [5.74, 6) is 0.993. The second-order valence-corrected chi connectivity index (χ2v) is 9.13. The molecule has 9 heteroatoms. The number of amides is 1. The number of benzene rings is 1. The molecule has 0 bridgehead atoms. The standard InChI is InChI=1S/C23H26FN5O2S.C2H6.H2/c1-14-5-4-10-29(19(14)13-27-23-25-11-18(31-3)12-26-23)22(30)20-21(32-15(2)28-20)16-6-8-17(24)9-7-16;1-2;/h6-9,11-12,14,19H,4-5,10,13H2,1-3H3,(H,25,26,27);1-2H3;1H/t14-,19-;;/m1../s1. The molecule has 3 heterocycles. The molecular formula is C25H34FN5O2S. The Labute approximate surface area is 205 Å². The van der Waals surface area contributed by atoms with Gasteiger partial charge in [-0.05, 0) is 43.4 Å². The highest BCUT2D eigenvalue weighted by Crippen LogP contribution is 2.33. The Hall–Kier alpha value is -3.07. The summed E-state index contributed by atoms with van der Waals surface area (Å²) in [7, 11) is 1.57. The van der Waals surface area contributed by atoms with Crippen molar-refractivity contribution in [1.82, 2.24) is 19.9 Å². The number of hydrogen-bond donors (Lipinski definition) is 1. The van der Waals surface area contributed by atoms with Gasteiger partial charge in [0.05, 0.1) is 35.4 Å². The number of carbonyl (C=O) groups excluding carboxylic acids is 1. The fraction of sp³-hybridized carbons (Fsp3) is 0.440. The Morgan fingerprint density at radius 2 is 1.94 bits per heavy atom. The lowest BCUT2D eigenvalue weighted by atomic mass is 9.90. The molecule has 1 aliphatic heterocycles. The summed E-state index contributed by atoms with van der Waals surface area (Å²) < 4.78 is 18.5. The molecular weight excluding hydrogens is 453 g/mol. The van der Waals surface area contributed by atoms with Crippen LogP contribution in [0.3, 0.4) is 0 Å². The van der Waals surface area contributed by atoms with Crippen LogP contribution < -0.4 is 10.1 Å². The van der Waals surface area contributed by atoms with Crippen LogP contribution in [0.1, 0.15) is 50.5 Å². The number of anilines is 1. The molecule has 1 saturated heterocycles. The number of piperidine rings is 1. The Morgan fingerprint density at radius 1 is 1.26 bits per heavy atom. The number of aromatic nitrogens is 3. The molecule has 0 radical (unpaired) electrons. The van der Waals surface area contributed by atoms with E-state index in [0.717, 1.165) is 28.3 Å². The van der Waals surface area contributed by atoms with Crippen molar-refractivity contribution in [3.05, 3.63) is 53.2 Å². The van der Waals surface area contributed by atoms with Gasteiger partial charge in [0.1, 0.15) is 11.5 Å². The largest absolute Gasteiger partial charge is 0.494 e. The predicted octanol–water partition coefficient (Wildman–Crippen LogP) is 5.68. The number of ether oxygens (including phenoxy) is 1. The van der Waals surface area contributed by atoms with Crippen LogP contribution in [-0.2, 0) is 0 Å². The number of halogens is 1. The topological polar surface area (TPSA) is 80.2 Å². The lowest BCUT2D eigenvalue weighted by molar-refractivity contribution is 0.0535. The highest BCUT2D eigenvalue weighted by Gasteiger charge is 2.34. The highest BCUT2D eigenvalue weighted by molar-refractivity contribution is 7.15. The van der Waals surface area contributed by atoms with Gasteiger partial charge in [0.2, 0.25) is 5.95 Å². The van der Waals surface area contributed by atoms with E-state index in [0.29, 0.717) is 36.4 Å². The van der Waals surface area contributed by atoms with Crippen molar-refractivity contribution in [3.8, 4) is 16.2 Å². The zero-order valence-electron chi connectivity index (χ0n) is 20.3. The van der Waals surface area contributed by atoms with E-state index in [9.17, 15) is 9.18 Å². The summed E-state index contributed by atoms with van der Waals surface area (Å²) >= 11 is 1.45. The van der Waals surface area contributed by atoms with E-state index in [2.05, 4.69) is 27.2 Å². The molecule has 3 aromatic rings. The van der Waals surface area contributed by atoms with Gasteiger partial charge in [-0.25, -0.2) is 19.3 Å². The third-order valence-electron chi connectivity index (χ3n) is 5.75. The second-order valence-electron chi connectivity index (χ2n) is 7.93.